The van der Waals surface area contributed by atoms with Gasteiger partial charge in [-0.1, -0.05) is 29.8 Å². The molecule has 0 radical (unpaired) electrons. The van der Waals surface area contributed by atoms with Gasteiger partial charge in [-0.15, -0.1) is 11.3 Å². The Balaban J connectivity index is 1.29. The van der Waals surface area contributed by atoms with E-state index in [2.05, 4.69) is 15.5 Å². The number of unbranched alkanes of at least 4 members (excludes halogenated alkanes) is 2. The number of nitrogens with zero attached hydrogens (tertiary/aromatic N) is 2. The molecule has 1 aromatic carbocycles. The maximum atomic E-state index is 12.8. The first-order valence-electron chi connectivity index (χ1n) is 8.78. The van der Waals surface area contributed by atoms with E-state index in [1.54, 1.807) is 29.5 Å². The molecule has 0 aliphatic heterocycles. The summed E-state index contributed by atoms with van der Waals surface area (Å²) in [4.78, 5) is 17.1. The van der Waals surface area contributed by atoms with Crippen molar-refractivity contribution in [2.75, 3.05) is 6.54 Å². The first kappa shape index (κ1) is 19.0. The van der Waals surface area contributed by atoms with Crippen molar-refractivity contribution in [2.24, 2.45) is 0 Å². The second kappa shape index (κ2) is 9.78. The van der Waals surface area contributed by atoms with Gasteiger partial charge in [0, 0.05) is 19.0 Å². The highest BCUT2D eigenvalue weighted by atomic mass is 32.1. The van der Waals surface area contributed by atoms with E-state index in [4.69, 9.17) is 4.52 Å². The largest absolute Gasteiger partial charge is 0.353 e. The highest BCUT2D eigenvalue weighted by Gasteiger charge is 2.08. The van der Waals surface area contributed by atoms with Crippen molar-refractivity contribution in [1.29, 1.82) is 0 Å². The van der Waals surface area contributed by atoms with Gasteiger partial charge in [0.15, 0.2) is 0 Å². The molecule has 3 rings (SSSR count). The fourth-order valence-corrected chi connectivity index (χ4v) is 3.11. The van der Waals surface area contributed by atoms with Gasteiger partial charge >= 0.3 is 0 Å². The first-order chi connectivity index (χ1) is 13.2. The molecule has 0 atom stereocenters. The summed E-state index contributed by atoms with van der Waals surface area (Å²) in [6.07, 6.45) is 6.61. The van der Waals surface area contributed by atoms with Crippen LogP contribution in [-0.2, 0) is 11.2 Å². The fraction of sp³-hybridized carbons (Fsp3) is 0.250. The summed E-state index contributed by atoms with van der Waals surface area (Å²) in [5, 5.41) is 8.80. The summed E-state index contributed by atoms with van der Waals surface area (Å²) in [7, 11) is 0. The minimum absolute atomic E-state index is 0.156. The lowest BCUT2D eigenvalue weighted by atomic mass is 10.2. The monoisotopic (exact) mass is 385 g/mol. The second-order valence-corrected chi connectivity index (χ2v) is 6.92. The molecule has 27 heavy (non-hydrogen) atoms. The van der Waals surface area contributed by atoms with E-state index in [1.165, 1.54) is 18.2 Å². The predicted octanol–water partition coefficient (Wildman–Crippen LogP) is 4.48. The van der Waals surface area contributed by atoms with E-state index in [0.717, 1.165) is 36.1 Å². The lowest BCUT2D eigenvalue weighted by Crippen LogP contribution is -2.21. The van der Waals surface area contributed by atoms with Crippen LogP contribution in [0.4, 0.5) is 4.39 Å². The van der Waals surface area contributed by atoms with Crippen molar-refractivity contribution in [3.05, 3.63) is 65.1 Å². The van der Waals surface area contributed by atoms with Crippen LogP contribution in [0.5, 0.6) is 0 Å². The summed E-state index contributed by atoms with van der Waals surface area (Å²) >= 11 is 1.58. The highest BCUT2D eigenvalue weighted by Crippen LogP contribution is 2.21. The molecule has 1 N–H and O–H groups in total. The van der Waals surface area contributed by atoms with Gasteiger partial charge in [-0.2, -0.15) is 4.98 Å². The molecule has 3 aromatic rings. The fourth-order valence-electron chi connectivity index (χ4n) is 2.46. The Bertz CT molecular complexity index is 873. The third kappa shape index (κ3) is 6.14. The van der Waals surface area contributed by atoms with Crippen LogP contribution in [0.1, 0.15) is 30.7 Å². The van der Waals surface area contributed by atoms with Crippen molar-refractivity contribution in [1.82, 2.24) is 15.5 Å². The Kier molecular flexibility index (Phi) is 6.87. The molecular weight excluding hydrogens is 365 g/mol. The van der Waals surface area contributed by atoms with E-state index in [0.29, 0.717) is 18.3 Å². The molecule has 0 saturated carbocycles. The smallest absolute Gasteiger partial charge is 0.243 e. The molecule has 2 heterocycles. The molecular formula is C20H20FN3O2S. The summed E-state index contributed by atoms with van der Waals surface area (Å²) in [6, 6.07) is 9.90. The standard InChI is InChI=1S/C20H20FN3O2S/c21-16-10-7-15(8-11-16)9-12-18(25)22-13-3-1-2-6-19-23-20(24-26-19)17-5-4-14-27-17/h4-5,7-12,14H,1-3,6,13H2,(H,22,25)/b12-9+. The van der Waals surface area contributed by atoms with Crippen LogP contribution in [0.25, 0.3) is 16.8 Å². The zero-order valence-corrected chi connectivity index (χ0v) is 15.5. The number of hydrogen-bond acceptors (Lipinski definition) is 5. The van der Waals surface area contributed by atoms with Crippen molar-refractivity contribution in [3.8, 4) is 10.7 Å². The minimum atomic E-state index is -0.292. The number of benzene rings is 1. The Labute approximate surface area is 160 Å². The number of rotatable bonds is 9. The van der Waals surface area contributed by atoms with Crippen LogP contribution >= 0.6 is 11.3 Å². The molecule has 5 nitrogen and oxygen atoms in total. The Morgan fingerprint density at radius 2 is 2.04 bits per heavy atom. The SMILES string of the molecule is O=C(/C=C/c1ccc(F)cc1)NCCCCCc1nc(-c2cccs2)no1. The average molecular weight is 385 g/mol. The quantitative estimate of drug-likeness (QED) is 0.436. The molecule has 2 aromatic heterocycles. The maximum absolute atomic E-state index is 12.8. The first-order valence-corrected chi connectivity index (χ1v) is 9.66. The van der Waals surface area contributed by atoms with Gasteiger partial charge in [0.25, 0.3) is 0 Å². The number of aryl methyl sites for hydroxylation is 1. The van der Waals surface area contributed by atoms with Crippen LogP contribution in [0.3, 0.4) is 0 Å². The normalized spacial score (nSPS) is 11.1. The van der Waals surface area contributed by atoms with E-state index < -0.39 is 0 Å². The molecule has 0 unspecified atom stereocenters. The number of thiophene rings is 1. The molecule has 0 aliphatic rings. The van der Waals surface area contributed by atoms with Crippen LogP contribution in [0, 0.1) is 5.82 Å². The number of halogens is 1. The summed E-state index contributed by atoms with van der Waals surface area (Å²) in [5.41, 5.74) is 0.785. The zero-order valence-electron chi connectivity index (χ0n) is 14.7. The minimum Gasteiger partial charge on any atom is -0.353 e. The molecule has 140 valence electrons. The second-order valence-electron chi connectivity index (χ2n) is 5.98. The Morgan fingerprint density at radius 1 is 1.19 bits per heavy atom. The van der Waals surface area contributed by atoms with E-state index >= 15 is 0 Å². The predicted molar refractivity (Wildman–Crippen MR) is 104 cm³/mol. The van der Waals surface area contributed by atoms with Crippen molar-refractivity contribution < 1.29 is 13.7 Å². The van der Waals surface area contributed by atoms with Crippen LogP contribution in [0.15, 0.2) is 52.4 Å². The van der Waals surface area contributed by atoms with Gasteiger partial charge in [0.1, 0.15) is 5.82 Å². The number of hydrogen-bond donors (Lipinski definition) is 1. The topological polar surface area (TPSA) is 68.0 Å². The Hall–Kier alpha value is -2.80. The molecule has 1 amide bonds. The number of nitrogens with one attached hydrogen (secondary N) is 1. The van der Waals surface area contributed by atoms with Gasteiger partial charge in [-0.3, -0.25) is 4.79 Å². The number of amides is 1. The van der Waals surface area contributed by atoms with Gasteiger partial charge in [-0.05, 0) is 48.1 Å². The third-order valence-electron chi connectivity index (χ3n) is 3.87. The van der Waals surface area contributed by atoms with Gasteiger partial charge < -0.3 is 9.84 Å². The lowest BCUT2D eigenvalue weighted by Gasteiger charge is -2.01. The maximum Gasteiger partial charge on any atom is 0.243 e. The number of aromatic nitrogens is 2. The van der Waals surface area contributed by atoms with Crippen LogP contribution in [-0.4, -0.2) is 22.6 Å². The number of carbonyl (C=O) groups is 1. The zero-order chi connectivity index (χ0) is 18.9. The number of carbonyl (C=O) groups excluding carboxylic acids is 1. The summed E-state index contributed by atoms with van der Waals surface area (Å²) in [6.45, 7) is 0.608. The van der Waals surface area contributed by atoms with E-state index in [-0.39, 0.29) is 11.7 Å². The van der Waals surface area contributed by atoms with Gasteiger partial charge in [0.05, 0.1) is 4.88 Å². The lowest BCUT2D eigenvalue weighted by molar-refractivity contribution is -0.116. The molecule has 0 saturated heterocycles. The third-order valence-corrected chi connectivity index (χ3v) is 4.74. The highest BCUT2D eigenvalue weighted by molar-refractivity contribution is 7.13. The molecule has 0 aliphatic carbocycles. The van der Waals surface area contributed by atoms with Gasteiger partial charge in [-0.25, -0.2) is 4.39 Å². The molecule has 0 bridgehead atoms. The van der Waals surface area contributed by atoms with Crippen molar-refractivity contribution in [3.63, 3.8) is 0 Å². The van der Waals surface area contributed by atoms with Crippen molar-refractivity contribution in [2.45, 2.75) is 25.7 Å². The van der Waals surface area contributed by atoms with E-state index in [9.17, 15) is 9.18 Å². The van der Waals surface area contributed by atoms with Crippen molar-refractivity contribution >= 4 is 23.3 Å². The Morgan fingerprint density at radius 3 is 2.81 bits per heavy atom. The van der Waals surface area contributed by atoms with E-state index in [1.807, 2.05) is 17.5 Å². The summed E-state index contributed by atoms with van der Waals surface area (Å²) in [5.74, 6) is 0.835. The van der Waals surface area contributed by atoms with Crippen LogP contribution in [0.2, 0.25) is 0 Å². The molecule has 0 fully saturated rings. The molecule has 0 spiro atoms. The van der Waals surface area contributed by atoms with Crippen LogP contribution < -0.4 is 5.32 Å². The van der Waals surface area contributed by atoms with Gasteiger partial charge in [0.2, 0.25) is 17.6 Å². The molecule has 7 heteroatoms. The average Bonchev–Trinajstić information content (AvgIpc) is 3.35. The summed E-state index contributed by atoms with van der Waals surface area (Å²) < 4.78 is 18.1.